The second-order valence-corrected chi connectivity index (χ2v) is 9.34. The summed E-state index contributed by atoms with van der Waals surface area (Å²) in [7, 11) is 1.38. The van der Waals surface area contributed by atoms with Crippen LogP contribution in [0.1, 0.15) is 15.9 Å². The Hall–Kier alpha value is -4.48. The lowest BCUT2D eigenvalue weighted by Gasteiger charge is -2.26. The van der Waals surface area contributed by atoms with Crippen molar-refractivity contribution in [3.05, 3.63) is 75.8 Å². The van der Waals surface area contributed by atoms with Crippen LogP contribution < -0.4 is 20.7 Å². The highest BCUT2D eigenvalue weighted by atomic mass is 16.6. The third kappa shape index (κ3) is 6.00. The largest absolute Gasteiger partial charge is 0.490 e. The molecule has 39 heavy (non-hydrogen) atoms. The Balaban J connectivity index is 1.29. The highest BCUT2D eigenvalue weighted by Gasteiger charge is 2.21. The van der Waals surface area contributed by atoms with E-state index in [0.717, 1.165) is 44.0 Å². The molecule has 11 heteroatoms. The average Bonchev–Trinajstić information content (AvgIpc) is 3.08. The van der Waals surface area contributed by atoms with Gasteiger partial charge in [-0.1, -0.05) is 12.1 Å². The second kappa shape index (κ2) is 11.5. The van der Waals surface area contributed by atoms with Gasteiger partial charge in [-0.3, -0.25) is 24.6 Å². The molecule has 0 aliphatic carbocycles. The van der Waals surface area contributed by atoms with Crippen LogP contribution in [-0.4, -0.2) is 68.1 Å². The number of nitro groups is 1. The zero-order chi connectivity index (χ0) is 27.4. The number of ether oxygens (including phenoxy) is 2. The van der Waals surface area contributed by atoms with E-state index in [1.165, 1.54) is 13.2 Å². The molecule has 0 atom stereocenters. The van der Waals surface area contributed by atoms with Gasteiger partial charge in [0.2, 0.25) is 5.91 Å². The molecule has 1 fully saturated rings. The summed E-state index contributed by atoms with van der Waals surface area (Å²) in [5, 5.41) is 20.4. The van der Waals surface area contributed by atoms with E-state index in [0.29, 0.717) is 34.7 Å². The van der Waals surface area contributed by atoms with Gasteiger partial charge in [-0.25, -0.2) is 0 Å². The summed E-state index contributed by atoms with van der Waals surface area (Å²) in [6.07, 6.45) is 0.200. The number of fused-ring (bicyclic) bond motifs is 2. The second-order valence-electron chi connectivity index (χ2n) is 9.34. The number of hydrogen-bond donors (Lipinski definition) is 3. The van der Waals surface area contributed by atoms with Gasteiger partial charge in [-0.05, 0) is 53.1 Å². The normalized spacial score (nSPS) is 14.7. The molecule has 0 unspecified atom stereocenters. The first-order valence-electron chi connectivity index (χ1n) is 12.7. The van der Waals surface area contributed by atoms with Crippen LogP contribution in [0.3, 0.4) is 0 Å². The molecule has 2 aliphatic rings. The summed E-state index contributed by atoms with van der Waals surface area (Å²) in [5.74, 6) is -0.208. The van der Waals surface area contributed by atoms with E-state index < -0.39 is 4.92 Å². The van der Waals surface area contributed by atoms with Gasteiger partial charge >= 0.3 is 5.69 Å². The number of hydrogen-bond acceptors (Lipinski definition) is 8. The number of carbonyl (C=O) groups is 2. The van der Waals surface area contributed by atoms with Crippen molar-refractivity contribution in [2.24, 2.45) is 0 Å². The van der Waals surface area contributed by atoms with Crippen LogP contribution in [0.4, 0.5) is 22.7 Å². The molecule has 3 N–H and O–H groups in total. The molecule has 0 aromatic heterocycles. The van der Waals surface area contributed by atoms with E-state index in [1.807, 2.05) is 18.2 Å². The molecule has 2 aliphatic heterocycles. The first-order valence-corrected chi connectivity index (χ1v) is 12.7. The van der Waals surface area contributed by atoms with Gasteiger partial charge in [0.15, 0.2) is 5.75 Å². The molecule has 202 valence electrons. The molecule has 0 spiro atoms. The maximum absolute atomic E-state index is 13.0. The van der Waals surface area contributed by atoms with Gasteiger partial charge in [0.1, 0.15) is 0 Å². The van der Waals surface area contributed by atoms with Crippen molar-refractivity contribution in [2.75, 3.05) is 57.1 Å². The van der Waals surface area contributed by atoms with Crippen LogP contribution in [0.5, 0.6) is 5.75 Å². The number of nitrogens with one attached hydrogen (secondary N) is 3. The quantitative estimate of drug-likeness (QED) is 0.297. The number of carbonyl (C=O) groups excluding carboxylic acids is 2. The van der Waals surface area contributed by atoms with E-state index in [1.54, 1.807) is 30.3 Å². The van der Waals surface area contributed by atoms with Crippen molar-refractivity contribution >= 4 is 34.6 Å². The first-order chi connectivity index (χ1) is 18.9. The summed E-state index contributed by atoms with van der Waals surface area (Å²) in [4.78, 5) is 38.5. The van der Waals surface area contributed by atoms with Gasteiger partial charge in [-0.15, -0.1) is 0 Å². The summed E-state index contributed by atoms with van der Waals surface area (Å²) in [6, 6.07) is 15.4. The van der Waals surface area contributed by atoms with Crippen LogP contribution in [0, 0.1) is 10.1 Å². The summed E-state index contributed by atoms with van der Waals surface area (Å²) in [5.41, 5.74) is 4.44. The fourth-order valence-electron chi connectivity index (χ4n) is 4.71. The van der Waals surface area contributed by atoms with E-state index >= 15 is 0 Å². The molecule has 3 aromatic rings. The van der Waals surface area contributed by atoms with E-state index in [2.05, 4.69) is 20.9 Å². The number of amides is 2. The molecule has 2 amide bonds. The van der Waals surface area contributed by atoms with Gasteiger partial charge in [0.05, 0.1) is 54.3 Å². The van der Waals surface area contributed by atoms with Crippen LogP contribution in [-0.2, 0) is 16.0 Å². The maximum Gasteiger partial charge on any atom is 0.310 e. The fourth-order valence-corrected chi connectivity index (χ4v) is 4.71. The lowest BCUT2D eigenvalue weighted by Crippen LogP contribution is -2.41. The van der Waals surface area contributed by atoms with Gasteiger partial charge in [0.25, 0.3) is 5.91 Å². The van der Waals surface area contributed by atoms with Crippen LogP contribution in [0.15, 0.2) is 54.6 Å². The Labute approximate surface area is 225 Å². The van der Waals surface area contributed by atoms with Crippen LogP contribution in [0.2, 0.25) is 0 Å². The lowest BCUT2D eigenvalue weighted by atomic mass is 10.0. The Morgan fingerprint density at radius 2 is 1.79 bits per heavy atom. The molecule has 0 saturated carbocycles. The number of anilines is 3. The molecule has 0 bridgehead atoms. The Morgan fingerprint density at radius 1 is 1.03 bits per heavy atom. The first kappa shape index (κ1) is 26.1. The predicted octanol–water partition coefficient (Wildman–Crippen LogP) is 3.57. The molecule has 1 saturated heterocycles. The lowest BCUT2D eigenvalue weighted by molar-refractivity contribution is -0.385. The number of morpholine rings is 1. The van der Waals surface area contributed by atoms with Crippen molar-refractivity contribution in [1.29, 1.82) is 0 Å². The predicted molar refractivity (Wildman–Crippen MR) is 147 cm³/mol. The molecular formula is C28H29N5O6. The van der Waals surface area contributed by atoms with Crippen molar-refractivity contribution in [1.82, 2.24) is 10.2 Å². The third-order valence-corrected chi connectivity index (χ3v) is 6.79. The van der Waals surface area contributed by atoms with Gasteiger partial charge < -0.3 is 25.4 Å². The Morgan fingerprint density at radius 3 is 2.56 bits per heavy atom. The number of nitrogens with zero attached hydrogens (tertiary/aromatic N) is 2. The Bertz CT molecular complexity index is 1420. The summed E-state index contributed by atoms with van der Waals surface area (Å²) < 4.78 is 10.5. The Kier molecular flexibility index (Phi) is 7.71. The maximum atomic E-state index is 13.0. The van der Waals surface area contributed by atoms with Crippen LogP contribution in [0.25, 0.3) is 11.1 Å². The minimum absolute atomic E-state index is 0.0810. The van der Waals surface area contributed by atoms with Crippen LogP contribution >= 0.6 is 0 Å². The molecule has 2 heterocycles. The summed E-state index contributed by atoms with van der Waals surface area (Å²) >= 11 is 0. The van der Waals surface area contributed by atoms with Crippen molar-refractivity contribution in [3.8, 4) is 16.9 Å². The SMILES string of the molecule is COc1cc(-c2ccc3c(c2)Nc2ccc(CC(=O)NCCN4CCOCC4)cc2NC3=O)ccc1[N+](=O)[O-]. The van der Waals surface area contributed by atoms with Crippen molar-refractivity contribution < 1.29 is 24.0 Å². The number of methoxy groups -OCH3 is 1. The monoisotopic (exact) mass is 531 g/mol. The number of rotatable bonds is 8. The highest BCUT2D eigenvalue weighted by molar-refractivity contribution is 6.12. The van der Waals surface area contributed by atoms with Gasteiger partial charge in [0, 0.05) is 32.2 Å². The number of benzene rings is 3. The van der Waals surface area contributed by atoms with E-state index in [9.17, 15) is 19.7 Å². The van der Waals surface area contributed by atoms with Crippen molar-refractivity contribution in [3.63, 3.8) is 0 Å². The topological polar surface area (TPSA) is 135 Å². The zero-order valence-corrected chi connectivity index (χ0v) is 21.5. The molecule has 11 nitrogen and oxygen atoms in total. The fraction of sp³-hybridized carbons (Fsp3) is 0.286. The van der Waals surface area contributed by atoms with Crippen molar-refractivity contribution in [2.45, 2.75) is 6.42 Å². The molecular weight excluding hydrogens is 502 g/mol. The smallest absolute Gasteiger partial charge is 0.310 e. The minimum Gasteiger partial charge on any atom is -0.490 e. The van der Waals surface area contributed by atoms with E-state index in [-0.39, 0.29) is 29.7 Å². The highest BCUT2D eigenvalue weighted by Crippen LogP contribution is 2.37. The number of nitro benzene ring substituents is 1. The van der Waals surface area contributed by atoms with E-state index in [4.69, 9.17) is 9.47 Å². The molecule has 0 radical (unpaired) electrons. The third-order valence-electron chi connectivity index (χ3n) is 6.79. The molecule has 3 aromatic carbocycles. The molecule has 5 rings (SSSR count). The zero-order valence-electron chi connectivity index (χ0n) is 21.5. The van der Waals surface area contributed by atoms with Gasteiger partial charge in [-0.2, -0.15) is 0 Å². The average molecular weight is 532 g/mol. The standard InChI is InChI=1S/C28H29N5O6/c1-38-26-17-20(4-7-25(26)33(36)37)19-3-5-21-23(16-19)30-22-6-2-18(14-24(22)31-28(21)35)15-27(34)29-8-9-32-10-12-39-13-11-32/h2-7,14,16-17,30H,8-13,15H2,1H3,(H,29,34)(H,31,35). The minimum atomic E-state index is -0.494. The summed E-state index contributed by atoms with van der Waals surface area (Å²) in [6.45, 7) is 4.55.